The highest BCUT2D eigenvalue weighted by atomic mass is 32.2. The fraction of sp³-hybridized carbons (Fsp3) is 0.429. The van der Waals surface area contributed by atoms with Gasteiger partial charge in [0, 0.05) is 37.5 Å². The zero-order valence-electron chi connectivity index (χ0n) is 19.0. The van der Waals surface area contributed by atoms with Crippen LogP contribution in [0.2, 0.25) is 0 Å². The average Bonchev–Trinajstić information content (AvgIpc) is 2.85. The smallest absolute Gasteiger partial charge is 0.493 e. The van der Waals surface area contributed by atoms with E-state index in [9.17, 15) is 34.4 Å². The number of fused-ring (bicyclic) bond motifs is 1. The summed E-state index contributed by atoms with van der Waals surface area (Å²) in [6, 6.07) is 6.47. The topological polar surface area (TPSA) is 93.2 Å². The Kier molecular flexibility index (Phi) is 7.58. The van der Waals surface area contributed by atoms with Crippen molar-refractivity contribution in [2.75, 3.05) is 25.6 Å². The number of benzene rings is 2. The molecule has 194 valence electrons. The zero-order chi connectivity index (χ0) is 26.2. The first-order valence-electron chi connectivity index (χ1n) is 10.5. The maximum Gasteiger partial charge on any atom is 0.534 e. The maximum atomic E-state index is 13.6. The summed E-state index contributed by atoms with van der Waals surface area (Å²) in [5.74, 6) is -1.89. The Morgan fingerprint density at radius 3 is 2.29 bits per heavy atom. The molecule has 0 aromatic heterocycles. The van der Waals surface area contributed by atoms with Crippen molar-refractivity contribution in [3.63, 3.8) is 0 Å². The summed E-state index contributed by atoms with van der Waals surface area (Å²) < 4.78 is 113. The molecule has 0 amide bonds. The quantitative estimate of drug-likeness (QED) is 0.292. The molecule has 0 aliphatic carbocycles. The number of nitrogens with zero attached hydrogens (tertiary/aromatic N) is 2. The summed E-state index contributed by atoms with van der Waals surface area (Å²) in [7, 11) is -8.02. The number of methoxy groups -OCH3 is 1. The minimum Gasteiger partial charge on any atom is -0.493 e. The molecule has 1 unspecified atom stereocenters. The van der Waals surface area contributed by atoms with Crippen LogP contribution in [-0.4, -0.2) is 53.4 Å². The fourth-order valence-corrected chi connectivity index (χ4v) is 5.72. The number of rotatable bonds is 7. The Morgan fingerprint density at radius 2 is 1.74 bits per heavy atom. The minimum absolute atomic E-state index is 0.0102. The summed E-state index contributed by atoms with van der Waals surface area (Å²) in [6.07, 6.45) is 1.95. The molecule has 0 fully saturated rings. The number of unbranched alkanes of at least 4 members (excludes halogenated alkanes) is 1. The molecule has 1 atom stereocenters. The molecule has 0 N–H and O–H groups in total. The molecule has 1 aliphatic rings. The van der Waals surface area contributed by atoms with Gasteiger partial charge in [0.25, 0.3) is 0 Å². The summed E-state index contributed by atoms with van der Waals surface area (Å²) in [5.41, 5.74) is -5.32. The maximum absolute atomic E-state index is 13.6. The van der Waals surface area contributed by atoms with Crippen molar-refractivity contribution < 1.29 is 43.3 Å². The Balaban J connectivity index is 2.27. The van der Waals surface area contributed by atoms with E-state index in [1.165, 1.54) is 31.3 Å². The first kappa shape index (κ1) is 27.0. The van der Waals surface area contributed by atoms with Gasteiger partial charge in [0.1, 0.15) is 10.7 Å². The van der Waals surface area contributed by atoms with Crippen LogP contribution in [-0.2, 0) is 20.1 Å². The van der Waals surface area contributed by atoms with Crippen LogP contribution in [0.1, 0.15) is 26.2 Å². The molecule has 0 radical (unpaired) electrons. The van der Waals surface area contributed by atoms with E-state index < -0.39 is 53.9 Å². The molecule has 2 aromatic rings. The highest BCUT2D eigenvalue weighted by Gasteiger charge is 2.49. The van der Waals surface area contributed by atoms with Crippen molar-refractivity contribution in [1.82, 2.24) is 4.31 Å². The van der Waals surface area contributed by atoms with Crippen LogP contribution in [0.25, 0.3) is 0 Å². The number of likely N-dealkylation sites (N-methyl/N-ethyl adjacent to an activating group) is 1. The first-order chi connectivity index (χ1) is 16.2. The molecule has 1 heterocycles. The third kappa shape index (κ3) is 5.33. The Bertz CT molecular complexity index is 1280. The third-order valence-corrected chi connectivity index (χ3v) is 8.52. The standard InChI is InChI=1S/C21H24F4N2O6S2/c1-4-5-6-16-13-27(15-9-7-14(22)8-10-15)17-11-18(32-3)19(33-35(30,31)21(23,24)25)12-20(17)34(28,29)26(16)2/h7-12,16H,4-6,13H2,1-3H3. The number of hydrogen-bond donors (Lipinski definition) is 0. The summed E-state index contributed by atoms with van der Waals surface area (Å²) >= 11 is 0. The Labute approximate surface area is 201 Å². The molecule has 3 rings (SSSR count). The van der Waals surface area contributed by atoms with Crippen molar-refractivity contribution in [3.05, 3.63) is 42.2 Å². The van der Waals surface area contributed by atoms with Gasteiger partial charge in [0.2, 0.25) is 10.0 Å². The molecule has 1 aliphatic heterocycles. The van der Waals surface area contributed by atoms with E-state index in [4.69, 9.17) is 4.74 Å². The lowest BCUT2D eigenvalue weighted by Gasteiger charge is -2.29. The van der Waals surface area contributed by atoms with E-state index >= 15 is 0 Å². The lowest BCUT2D eigenvalue weighted by molar-refractivity contribution is -0.0500. The number of anilines is 2. The van der Waals surface area contributed by atoms with Crippen molar-refractivity contribution in [2.45, 2.75) is 42.6 Å². The van der Waals surface area contributed by atoms with Crippen molar-refractivity contribution in [2.24, 2.45) is 0 Å². The number of hydrogen-bond acceptors (Lipinski definition) is 7. The molecule has 0 saturated carbocycles. The molecule has 14 heteroatoms. The lowest BCUT2D eigenvalue weighted by Crippen LogP contribution is -2.40. The van der Waals surface area contributed by atoms with Crippen molar-refractivity contribution >= 4 is 31.5 Å². The van der Waals surface area contributed by atoms with Crippen LogP contribution < -0.4 is 13.8 Å². The van der Waals surface area contributed by atoms with Crippen LogP contribution in [0, 0.1) is 5.82 Å². The molecule has 8 nitrogen and oxygen atoms in total. The Morgan fingerprint density at radius 1 is 1.11 bits per heavy atom. The van der Waals surface area contributed by atoms with E-state index in [0.717, 1.165) is 23.9 Å². The highest BCUT2D eigenvalue weighted by molar-refractivity contribution is 7.89. The second kappa shape index (κ2) is 9.82. The van der Waals surface area contributed by atoms with Gasteiger partial charge >= 0.3 is 15.6 Å². The zero-order valence-corrected chi connectivity index (χ0v) is 20.7. The number of sulfonamides is 1. The predicted molar refractivity (Wildman–Crippen MR) is 120 cm³/mol. The van der Waals surface area contributed by atoms with Gasteiger partial charge in [0.15, 0.2) is 11.5 Å². The van der Waals surface area contributed by atoms with Gasteiger partial charge in [-0.1, -0.05) is 19.8 Å². The molecule has 0 spiro atoms. The number of ether oxygens (including phenoxy) is 1. The molecule has 2 aromatic carbocycles. The minimum atomic E-state index is -6.11. The monoisotopic (exact) mass is 540 g/mol. The van der Waals surface area contributed by atoms with Crippen LogP contribution in [0.4, 0.5) is 28.9 Å². The van der Waals surface area contributed by atoms with Gasteiger partial charge in [0.05, 0.1) is 12.8 Å². The molecule has 0 bridgehead atoms. The van der Waals surface area contributed by atoms with Crippen molar-refractivity contribution in [3.8, 4) is 11.5 Å². The second-order valence-corrected chi connectivity index (χ2v) is 11.4. The predicted octanol–water partition coefficient (Wildman–Crippen LogP) is 4.39. The third-order valence-electron chi connectivity index (χ3n) is 5.61. The summed E-state index contributed by atoms with van der Waals surface area (Å²) in [4.78, 5) is 1.08. The van der Waals surface area contributed by atoms with E-state index in [-0.39, 0.29) is 12.2 Å². The van der Waals surface area contributed by atoms with Crippen LogP contribution in [0.3, 0.4) is 0 Å². The van der Waals surface area contributed by atoms with Gasteiger partial charge in [-0.2, -0.15) is 25.9 Å². The van der Waals surface area contributed by atoms with E-state index in [2.05, 4.69) is 4.18 Å². The van der Waals surface area contributed by atoms with Gasteiger partial charge in [-0.3, -0.25) is 0 Å². The second-order valence-electron chi connectivity index (χ2n) is 7.86. The van der Waals surface area contributed by atoms with Crippen LogP contribution in [0.5, 0.6) is 11.5 Å². The largest absolute Gasteiger partial charge is 0.534 e. The molecular formula is C21H24F4N2O6S2. The first-order valence-corrected chi connectivity index (χ1v) is 13.3. The van der Waals surface area contributed by atoms with Gasteiger partial charge < -0.3 is 13.8 Å². The SMILES string of the molecule is CCCCC1CN(c2ccc(F)cc2)c2cc(OC)c(OS(=O)(=O)C(F)(F)F)cc2S(=O)(=O)N1C. The average molecular weight is 541 g/mol. The normalized spacial score (nSPS) is 18.6. The van der Waals surface area contributed by atoms with E-state index in [0.29, 0.717) is 24.6 Å². The fourth-order valence-electron chi connectivity index (χ4n) is 3.69. The summed E-state index contributed by atoms with van der Waals surface area (Å²) in [5, 5.41) is 0. The molecule has 0 saturated heterocycles. The molecular weight excluding hydrogens is 516 g/mol. The van der Waals surface area contributed by atoms with Gasteiger partial charge in [-0.25, -0.2) is 12.8 Å². The highest BCUT2D eigenvalue weighted by Crippen LogP contribution is 2.45. The van der Waals surface area contributed by atoms with E-state index in [1.807, 2.05) is 6.92 Å². The van der Waals surface area contributed by atoms with Gasteiger partial charge in [-0.05, 0) is 30.7 Å². The Hall–Kier alpha value is -2.58. The summed E-state index contributed by atoms with van der Waals surface area (Å²) in [6.45, 7) is 2.08. The van der Waals surface area contributed by atoms with Crippen LogP contribution >= 0.6 is 0 Å². The van der Waals surface area contributed by atoms with Gasteiger partial charge in [-0.15, -0.1) is 0 Å². The number of alkyl halides is 3. The van der Waals surface area contributed by atoms with E-state index in [1.54, 1.807) is 4.90 Å². The lowest BCUT2D eigenvalue weighted by atomic mass is 10.1. The molecule has 35 heavy (non-hydrogen) atoms. The number of halogens is 4. The van der Waals surface area contributed by atoms with Crippen molar-refractivity contribution in [1.29, 1.82) is 0 Å². The van der Waals surface area contributed by atoms with Crippen LogP contribution in [0.15, 0.2) is 41.3 Å².